The summed E-state index contributed by atoms with van der Waals surface area (Å²) in [6, 6.07) is 0. The van der Waals surface area contributed by atoms with Gasteiger partial charge >= 0.3 is 0 Å². The second kappa shape index (κ2) is 2.56. The number of hydrogen-bond donors (Lipinski definition) is 0. The lowest BCUT2D eigenvalue weighted by molar-refractivity contribution is -0.132. The molecule has 3 heteroatoms. The Morgan fingerprint density at radius 3 is 2.85 bits per heavy atom. The fraction of sp³-hybridized carbons (Fsp3) is 0.800. The highest BCUT2D eigenvalue weighted by Gasteiger charge is 2.48. The Morgan fingerprint density at radius 1 is 1.62 bits per heavy atom. The molecular weight excluding hydrogens is 166 g/mol. The lowest BCUT2D eigenvalue weighted by atomic mass is 9.80. The Hall–Kier alpha value is -0.860. The summed E-state index contributed by atoms with van der Waals surface area (Å²) in [7, 11) is 0. The average Bonchev–Trinajstić information content (AvgIpc) is 2.34. The Labute approximate surface area is 78.1 Å². The molecule has 0 radical (unpaired) electrons. The van der Waals surface area contributed by atoms with Gasteiger partial charge in [-0.15, -0.1) is 0 Å². The van der Waals surface area contributed by atoms with Crippen LogP contribution in [-0.2, 0) is 9.59 Å². The number of nitrogens with zero attached hydrogens (tertiary/aromatic N) is 1. The first kappa shape index (κ1) is 8.73. The minimum Gasteiger partial charge on any atom is -0.337 e. The number of ketones is 1. The molecule has 0 aromatic heterocycles. The van der Waals surface area contributed by atoms with Gasteiger partial charge in [-0.2, -0.15) is 0 Å². The van der Waals surface area contributed by atoms with E-state index in [1.165, 1.54) is 0 Å². The average molecular weight is 181 g/mol. The molecule has 1 saturated heterocycles. The van der Waals surface area contributed by atoms with Crippen molar-refractivity contribution >= 4 is 11.7 Å². The SMILES string of the molecule is CC(=O)N1CC2CC1(C)CCC2=O. The molecule has 72 valence electrons. The van der Waals surface area contributed by atoms with Crippen LogP contribution < -0.4 is 0 Å². The van der Waals surface area contributed by atoms with Crippen molar-refractivity contribution in [3.8, 4) is 0 Å². The van der Waals surface area contributed by atoms with Crippen molar-refractivity contribution in [1.82, 2.24) is 4.90 Å². The highest BCUT2D eigenvalue weighted by molar-refractivity contribution is 5.85. The van der Waals surface area contributed by atoms with E-state index in [9.17, 15) is 9.59 Å². The second-order valence-corrected chi connectivity index (χ2v) is 4.49. The van der Waals surface area contributed by atoms with Crippen molar-refractivity contribution in [2.24, 2.45) is 5.92 Å². The van der Waals surface area contributed by atoms with Crippen molar-refractivity contribution in [2.45, 2.75) is 38.6 Å². The van der Waals surface area contributed by atoms with Crippen LogP contribution in [0.3, 0.4) is 0 Å². The minimum absolute atomic E-state index is 0.0234. The summed E-state index contributed by atoms with van der Waals surface area (Å²) >= 11 is 0. The lowest BCUT2D eigenvalue weighted by Crippen LogP contribution is -2.44. The van der Waals surface area contributed by atoms with Gasteiger partial charge in [-0.05, 0) is 19.8 Å². The quantitative estimate of drug-likeness (QED) is 0.558. The Bertz CT molecular complexity index is 274. The summed E-state index contributed by atoms with van der Waals surface area (Å²) < 4.78 is 0. The molecule has 2 rings (SSSR count). The van der Waals surface area contributed by atoms with Crippen molar-refractivity contribution in [2.75, 3.05) is 6.54 Å². The third kappa shape index (κ3) is 1.18. The molecule has 13 heavy (non-hydrogen) atoms. The largest absolute Gasteiger partial charge is 0.337 e. The number of rotatable bonds is 0. The molecule has 2 aliphatic rings. The number of amides is 1. The number of hydrogen-bond acceptors (Lipinski definition) is 2. The summed E-state index contributed by atoms with van der Waals surface area (Å²) in [6.07, 6.45) is 2.39. The molecule has 0 N–H and O–H groups in total. The van der Waals surface area contributed by atoms with Crippen LogP contribution in [0.1, 0.15) is 33.1 Å². The summed E-state index contributed by atoms with van der Waals surface area (Å²) in [5.74, 6) is 0.587. The molecule has 3 nitrogen and oxygen atoms in total. The third-order valence-electron chi connectivity index (χ3n) is 3.49. The van der Waals surface area contributed by atoms with Crippen LogP contribution in [0.2, 0.25) is 0 Å². The Balaban J connectivity index is 2.27. The molecule has 1 saturated carbocycles. The van der Waals surface area contributed by atoms with Crippen LogP contribution in [0, 0.1) is 5.92 Å². The third-order valence-corrected chi connectivity index (χ3v) is 3.49. The van der Waals surface area contributed by atoms with Crippen LogP contribution in [0.25, 0.3) is 0 Å². The van der Waals surface area contributed by atoms with Crippen LogP contribution in [0.4, 0.5) is 0 Å². The van der Waals surface area contributed by atoms with Crippen molar-refractivity contribution in [1.29, 1.82) is 0 Å². The van der Waals surface area contributed by atoms with Crippen molar-refractivity contribution in [3.05, 3.63) is 0 Å². The molecule has 0 aromatic rings. The molecule has 2 unspecified atom stereocenters. The van der Waals surface area contributed by atoms with E-state index in [0.717, 1.165) is 12.8 Å². The summed E-state index contributed by atoms with van der Waals surface area (Å²) in [6.45, 7) is 4.35. The molecular formula is C10H15NO2. The zero-order valence-electron chi connectivity index (χ0n) is 8.17. The first-order chi connectivity index (χ1) is 6.03. The topological polar surface area (TPSA) is 37.4 Å². The number of likely N-dealkylation sites (tertiary alicyclic amines) is 1. The van der Waals surface area contributed by atoms with E-state index in [1.54, 1.807) is 6.92 Å². The van der Waals surface area contributed by atoms with Gasteiger partial charge in [-0.25, -0.2) is 0 Å². The fourth-order valence-electron chi connectivity index (χ4n) is 2.70. The molecule has 1 aliphatic carbocycles. The van der Waals surface area contributed by atoms with Crippen LogP contribution >= 0.6 is 0 Å². The van der Waals surface area contributed by atoms with E-state index in [-0.39, 0.29) is 17.4 Å². The number of carbonyl (C=O) groups is 2. The monoisotopic (exact) mass is 181 g/mol. The molecule has 2 atom stereocenters. The maximum atomic E-state index is 11.4. The van der Waals surface area contributed by atoms with E-state index in [0.29, 0.717) is 18.7 Å². The van der Waals surface area contributed by atoms with Gasteiger partial charge in [0.25, 0.3) is 0 Å². The maximum absolute atomic E-state index is 11.4. The zero-order chi connectivity index (χ0) is 9.64. The van der Waals surface area contributed by atoms with Gasteiger partial charge in [0.05, 0.1) is 0 Å². The summed E-state index contributed by atoms with van der Waals surface area (Å²) in [4.78, 5) is 24.6. The van der Waals surface area contributed by atoms with Gasteiger partial charge in [-0.3, -0.25) is 9.59 Å². The van der Waals surface area contributed by atoms with E-state index in [2.05, 4.69) is 6.92 Å². The normalized spacial score (nSPS) is 38.2. The smallest absolute Gasteiger partial charge is 0.219 e. The Kier molecular flexibility index (Phi) is 1.72. The van der Waals surface area contributed by atoms with E-state index in [1.807, 2.05) is 4.90 Å². The van der Waals surface area contributed by atoms with Gasteiger partial charge in [0, 0.05) is 31.3 Å². The summed E-state index contributed by atoms with van der Waals surface area (Å²) in [5, 5.41) is 0. The predicted octanol–water partition coefficient (Wildman–Crippen LogP) is 0.976. The fourth-order valence-corrected chi connectivity index (χ4v) is 2.70. The van der Waals surface area contributed by atoms with Crippen LogP contribution in [0.15, 0.2) is 0 Å². The second-order valence-electron chi connectivity index (χ2n) is 4.49. The molecule has 2 fully saturated rings. The highest BCUT2D eigenvalue weighted by Crippen LogP contribution is 2.41. The number of carbonyl (C=O) groups excluding carboxylic acids is 2. The van der Waals surface area contributed by atoms with Gasteiger partial charge in [-0.1, -0.05) is 0 Å². The summed E-state index contributed by atoms with van der Waals surface area (Å²) in [5.41, 5.74) is -0.0234. The van der Waals surface area contributed by atoms with Gasteiger partial charge in [0.1, 0.15) is 5.78 Å². The molecule has 1 amide bonds. The van der Waals surface area contributed by atoms with Crippen LogP contribution in [0.5, 0.6) is 0 Å². The highest BCUT2D eigenvalue weighted by atomic mass is 16.2. The van der Waals surface area contributed by atoms with Crippen molar-refractivity contribution in [3.63, 3.8) is 0 Å². The zero-order valence-corrected chi connectivity index (χ0v) is 8.17. The first-order valence-electron chi connectivity index (χ1n) is 4.84. The van der Waals surface area contributed by atoms with Gasteiger partial charge in [0.2, 0.25) is 5.91 Å². The lowest BCUT2D eigenvalue weighted by Gasteiger charge is -2.35. The van der Waals surface area contributed by atoms with Gasteiger partial charge < -0.3 is 4.90 Å². The van der Waals surface area contributed by atoms with Crippen molar-refractivity contribution < 1.29 is 9.59 Å². The number of Topliss-reactive ketones (excluding diaryl/α,β-unsaturated/α-hetero) is 1. The Morgan fingerprint density at radius 2 is 2.31 bits per heavy atom. The number of fused-ring (bicyclic) bond motifs is 2. The van der Waals surface area contributed by atoms with Gasteiger partial charge in [0.15, 0.2) is 0 Å². The van der Waals surface area contributed by atoms with E-state index in [4.69, 9.17) is 0 Å². The predicted molar refractivity (Wildman–Crippen MR) is 48.1 cm³/mol. The molecule has 0 spiro atoms. The molecule has 1 heterocycles. The first-order valence-corrected chi connectivity index (χ1v) is 4.84. The van der Waals surface area contributed by atoms with E-state index < -0.39 is 0 Å². The molecule has 0 aromatic carbocycles. The van der Waals surface area contributed by atoms with E-state index >= 15 is 0 Å². The molecule has 2 bridgehead atoms. The van der Waals surface area contributed by atoms with Crippen LogP contribution in [-0.4, -0.2) is 28.7 Å². The minimum atomic E-state index is -0.0234. The standard InChI is InChI=1S/C10H15NO2/c1-7(12)11-6-8-5-10(11,2)4-3-9(8)13/h8H,3-6H2,1-2H3. The molecule has 1 aliphatic heterocycles. The maximum Gasteiger partial charge on any atom is 0.219 e.